The van der Waals surface area contributed by atoms with E-state index in [0.29, 0.717) is 3.70 Å². The molecule has 0 saturated heterocycles. The van der Waals surface area contributed by atoms with Gasteiger partial charge < -0.3 is 9.84 Å². The van der Waals surface area contributed by atoms with Crippen molar-refractivity contribution in [2.24, 2.45) is 0 Å². The summed E-state index contributed by atoms with van der Waals surface area (Å²) in [6, 6.07) is 1.50. The lowest BCUT2D eigenvalue weighted by molar-refractivity contribution is 0.140. The molecule has 78 valence electrons. The van der Waals surface area contributed by atoms with Gasteiger partial charge in [0, 0.05) is 11.6 Å². The summed E-state index contributed by atoms with van der Waals surface area (Å²) in [6.45, 7) is -0.507. The number of methoxy groups -OCH3 is 1. The first kappa shape index (κ1) is 11.6. The van der Waals surface area contributed by atoms with E-state index in [4.69, 9.17) is 9.84 Å². The zero-order valence-corrected chi connectivity index (χ0v) is 9.46. The van der Waals surface area contributed by atoms with Crippen LogP contribution in [0.5, 0.6) is 5.75 Å². The van der Waals surface area contributed by atoms with Crippen LogP contribution >= 0.6 is 22.6 Å². The maximum absolute atomic E-state index is 12.5. The SMILES string of the molecule is COc1cc(I)nc(C(F)F)c1CO. The quantitative estimate of drug-likeness (QED) is 0.686. The second-order valence-electron chi connectivity index (χ2n) is 2.47. The topological polar surface area (TPSA) is 42.4 Å². The molecule has 0 unspecified atom stereocenters. The second-order valence-corrected chi connectivity index (χ2v) is 3.58. The van der Waals surface area contributed by atoms with Crippen LogP contribution in [0.1, 0.15) is 17.7 Å². The normalized spacial score (nSPS) is 10.7. The molecule has 1 heterocycles. The molecule has 6 heteroatoms. The average Bonchev–Trinajstić information content (AvgIpc) is 2.16. The molecule has 1 aromatic heterocycles. The zero-order valence-electron chi connectivity index (χ0n) is 7.30. The standard InChI is InChI=1S/C8H8F2INO2/c1-14-5-2-6(11)12-7(8(9)10)4(5)3-13/h2,8,13H,3H2,1H3. The number of pyridine rings is 1. The number of aliphatic hydroxyl groups excluding tert-OH is 1. The summed E-state index contributed by atoms with van der Waals surface area (Å²) in [6.07, 6.45) is -2.71. The van der Waals surface area contributed by atoms with Gasteiger partial charge in [-0.1, -0.05) is 0 Å². The largest absolute Gasteiger partial charge is 0.496 e. The lowest BCUT2D eigenvalue weighted by atomic mass is 10.2. The number of rotatable bonds is 3. The van der Waals surface area contributed by atoms with Crippen LogP contribution in [0.15, 0.2) is 6.07 Å². The number of nitrogens with zero attached hydrogens (tertiary/aromatic N) is 1. The lowest BCUT2D eigenvalue weighted by Gasteiger charge is -2.11. The van der Waals surface area contributed by atoms with E-state index in [9.17, 15) is 8.78 Å². The number of aliphatic hydroxyl groups is 1. The van der Waals surface area contributed by atoms with Crippen molar-refractivity contribution in [3.05, 3.63) is 21.0 Å². The van der Waals surface area contributed by atoms with E-state index in [2.05, 4.69) is 4.98 Å². The third-order valence-corrected chi connectivity index (χ3v) is 2.22. The Bertz CT molecular complexity index is 333. The van der Waals surface area contributed by atoms with Gasteiger partial charge in [0.1, 0.15) is 15.1 Å². The molecule has 0 atom stereocenters. The Morgan fingerprint density at radius 1 is 1.64 bits per heavy atom. The molecule has 0 bridgehead atoms. The van der Waals surface area contributed by atoms with Gasteiger partial charge in [0.2, 0.25) is 0 Å². The molecular formula is C8H8F2INO2. The maximum atomic E-state index is 12.5. The summed E-state index contributed by atoms with van der Waals surface area (Å²) < 4.78 is 30.2. The fraction of sp³-hybridized carbons (Fsp3) is 0.375. The van der Waals surface area contributed by atoms with Crippen LogP contribution in [0, 0.1) is 3.70 Å². The van der Waals surface area contributed by atoms with E-state index >= 15 is 0 Å². The van der Waals surface area contributed by atoms with Gasteiger partial charge in [-0.3, -0.25) is 0 Å². The monoisotopic (exact) mass is 315 g/mol. The Balaban J connectivity index is 3.31. The number of ether oxygens (including phenoxy) is 1. The van der Waals surface area contributed by atoms with Crippen LogP contribution in [-0.4, -0.2) is 17.2 Å². The third kappa shape index (κ3) is 2.30. The molecule has 1 rings (SSSR count). The summed E-state index contributed by atoms with van der Waals surface area (Å²) in [5.41, 5.74) is -0.376. The minimum Gasteiger partial charge on any atom is -0.496 e. The van der Waals surface area contributed by atoms with Crippen LogP contribution in [0.4, 0.5) is 8.78 Å². The third-order valence-electron chi connectivity index (χ3n) is 1.67. The van der Waals surface area contributed by atoms with E-state index in [-0.39, 0.29) is 11.3 Å². The minimum atomic E-state index is -2.71. The van der Waals surface area contributed by atoms with Crippen LogP contribution in [-0.2, 0) is 6.61 Å². The number of hydrogen-bond donors (Lipinski definition) is 1. The van der Waals surface area contributed by atoms with Gasteiger partial charge in [-0.05, 0) is 22.6 Å². The molecule has 1 N–H and O–H groups in total. The van der Waals surface area contributed by atoms with E-state index in [1.54, 1.807) is 0 Å². The van der Waals surface area contributed by atoms with E-state index < -0.39 is 18.7 Å². The van der Waals surface area contributed by atoms with Crippen molar-refractivity contribution in [3.8, 4) is 5.75 Å². The van der Waals surface area contributed by atoms with Crippen molar-refractivity contribution >= 4 is 22.6 Å². The number of hydrogen-bond acceptors (Lipinski definition) is 3. The molecule has 3 nitrogen and oxygen atoms in total. The van der Waals surface area contributed by atoms with Gasteiger partial charge in [-0.2, -0.15) is 0 Å². The summed E-state index contributed by atoms with van der Waals surface area (Å²) in [7, 11) is 1.36. The van der Waals surface area contributed by atoms with Gasteiger partial charge in [0.05, 0.1) is 13.7 Å². The first-order chi connectivity index (χ1) is 6.60. The van der Waals surface area contributed by atoms with Crippen molar-refractivity contribution in [2.45, 2.75) is 13.0 Å². The summed E-state index contributed by atoms with van der Waals surface area (Å²) >= 11 is 1.81. The molecule has 0 aliphatic rings. The Labute approximate surface area is 93.2 Å². The number of halogens is 3. The molecule has 1 aromatic rings. The molecule has 0 saturated carbocycles. The van der Waals surface area contributed by atoms with Crippen molar-refractivity contribution in [1.82, 2.24) is 4.98 Å². The maximum Gasteiger partial charge on any atom is 0.280 e. The van der Waals surface area contributed by atoms with Crippen LogP contribution in [0.25, 0.3) is 0 Å². The van der Waals surface area contributed by atoms with E-state index in [1.807, 2.05) is 22.6 Å². The smallest absolute Gasteiger partial charge is 0.280 e. The van der Waals surface area contributed by atoms with Crippen molar-refractivity contribution in [2.75, 3.05) is 7.11 Å². The molecule has 0 fully saturated rings. The molecular weight excluding hydrogens is 307 g/mol. The number of alkyl halides is 2. The fourth-order valence-corrected chi connectivity index (χ4v) is 1.60. The fourth-order valence-electron chi connectivity index (χ4n) is 1.06. The summed E-state index contributed by atoms with van der Waals surface area (Å²) in [4.78, 5) is 3.65. The van der Waals surface area contributed by atoms with Crippen LogP contribution in [0.2, 0.25) is 0 Å². The van der Waals surface area contributed by atoms with Gasteiger partial charge in [0.25, 0.3) is 6.43 Å². The molecule has 0 amide bonds. The van der Waals surface area contributed by atoms with Gasteiger partial charge in [-0.15, -0.1) is 0 Å². The first-order valence-electron chi connectivity index (χ1n) is 3.72. The molecule has 0 spiro atoms. The highest BCUT2D eigenvalue weighted by Gasteiger charge is 2.19. The average molecular weight is 315 g/mol. The van der Waals surface area contributed by atoms with E-state index in [0.717, 1.165) is 0 Å². The Morgan fingerprint density at radius 2 is 2.29 bits per heavy atom. The summed E-state index contributed by atoms with van der Waals surface area (Å²) in [5.74, 6) is 0.238. The molecule has 0 aromatic carbocycles. The minimum absolute atomic E-state index is 0.0444. The lowest BCUT2D eigenvalue weighted by Crippen LogP contribution is -2.03. The predicted octanol–water partition coefficient (Wildman–Crippen LogP) is 2.12. The number of aromatic nitrogens is 1. The Hall–Kier alpha value is -0.500. The highest BCUT2D eigenvalue weighted by molar-refractivity contribution is 14.1. The summed E-state index contributed by atoms with van der Waals surface area (Å²) in [5, 5.41) is 8.91. The molecule has 14 heavy (non-hydrogen) atoms. The van der Waals surface area contributed by atoms with Crippen molar-refractivity contribution in [3.63, 3.8) is 0 Å². The van der Waals surface area contributed by atoms with Crippen LogP contribution < -0.4 is 4.74 Å². The Kier molecular flexibility index (Phi) is 3.99. The van der Waals surface area contributed by atoms with Gasteiger partial charge >= 0.3 is 0 Å². The predicted molar refractivity (Wildman–Crippen MR) is 54.4 cm³/mol. The van der Waals surface area contributed by atoms with Gasteiger partial charge in [-0.25, -0.2) is 13.8 Å². The van der Waals surface area contributed by atoms with Gasteiger partial charge in [0.15, 0.2) is 0 Å². The Morgan fingerprint density at radius 3 is 2.71 bits per heavy atom. The molecule has 0 aliphatic carbocycles. The highest BCUT2D eigenvalue weighted by Crippen LogP contribution is 2.29. The first-order valence-corrected chi connectivity index (χ1v) is 4.80. The highest BCUT2D eigenvalue weighted by atomic mass is 127. The van der Waals surface area contributed by atoms with E-state index in [1.165, 1.54) is 13.2 Å². The van der Waals surface area contributed by atoms with Crippen molar-refractivity contribution in [1.29, 1.82) is 0 Å². The van der Waals surface area contributed by atoms with Crippen molar-refractivity contribution < 1.29 is 18.6 Å². The second kappa shape index (κ2) is 4.83. The van der Waals surface area contributed by atoms with Crippen LogP contribution in [0.3, 0.4) is 0 Å². The molecule has 0 aliphatic heterocycles. The zero-order chi connectivity index (χ0) is 10.7. The molecule has 0 radical (unpaired) electrons.